The summed E-state index contributed by atoms with van der Waals surface area (Å²) in [5.74, 6) is 0.452. The number of carbonyl (C=O) groups is 1. The molecule has 0 fully saturated rings. The number of esters is 1. The molecule has 0 saturated carbocycles. The lowest BCUT2D eigenvalue weighted by atomic mass is 10.1. The van der Waals surface area contributed by atoms with Crippen molar-refractivity contribution in [3.63, 3.8) is 0 Å². The van der Waals surface area contributed by atoms with E-state index in [-0.39, 0.29) is 12.6 Å². The molecule has 4 nitrogen and oxygen atoms in total. The van der Waals surface area contributed by atoms with Crippen LogP contribution in [0.25, 0.3) is 0 Å². The largest absolute Gasteiger partial charge is 0.482 e. The van der Waals surface area contributed by atoms with Gasteiger partial charge in [0.2, 0.25) is 0 Å². The molecule has 1 atom stereocenters. The van der Waals surface area contributed by atoms with E-state index in [4.69, 9.17) is 9.47 Å². The summed E-state index contributed by atoms with van der Waals surface area (Å²) in [7, 11) is 0. The molecule has 0 heterocycles. The number of carbonyl (C=O) groups excluding carboxylic acids is 1. The normalized spacial score (nSPS) is 16.6. The number of aryl methyl sites for hydroxylation is 1. The number of fused-ring (bicyclic) bond motifs is 1. The topological polar surface area (TPSA) is 47.6 Å². The van der Waals surface area contributed by atoms with Gasteiger partial charge in [-0.1, -0.05) is 26.3 Å². The highest BCUT2D eigenvalue weighted by Crippen LogP contribution is 2.33. The summed E-state index contributed by atoms with van der Waals surface area (Å²) >= 11 is 0. The second-order valence-corrected chi connectivity index (χ2v) is 5.37. The van der Waals surface area contributed by atoms with E-state index in [9.17, 15) is 4.79 Å². The van der Waals surface area contributed by atoms with Crippen molar-refractivity contribution in [2.24, 2.45) is 0 Å². The number of ether oxygens (including phenoxy) is 2. The molecule has 1 unspecified atom stereocenters. The van der Waals surface area contributed by atoms with Crippen LogP contribution in [0.4, 0.5) is 0 Å². The van der Waals surface area contributed by atoms with Crippen LogP contribution >= 0.6 is 0 Å². The molecule has 0 saturated heterocycles. The molecule has 1 aliphatic rings. The van der Waals surface area contributed by atoms with Crippen molar-refractivity contribution in [2.45, 2.75) is 45.6 Å². The molecule has 0 amide bonds. The van der Waals surface area contributed by atoms with Crippen LogP contribution in [0.5, 0.6) is 5.75 Å². The molecule has 2 rings (SSSR count). The summed E-state index contributed by atoms with van der Waals surface area (Å²) in [6, 6.07) is 6.55. The summed E-state index contributed by atoms with van der Waals surface area (Å²) < 4.78 is 10.6. The van der Waals surface area contributed by atoms with Crippen molar-refractivity contribution < 1.29 is 14.3 Å². The fourth-order valence-electron chi connectivity index (χ4n) is 2.66. The minimum atomic E-state index is -0.297. The molecule has 0 spiro atoms. The van der Waals surface area contributed by atoms with E-state index in [0.717, 1.165) is 38.0 Å². The van der Waals surface area contributed by atoms with Crippen LogP contribution in [0.3, 0.4) is 0 Å². The first-order chi connectivity index (χ1) is 10.2. The van der Waals surface area contributed by atoms with Gasteiger partial charge in [0.25, 0.3) is 0 Å². The van der Waals surface area contributed by atoms with Crippen LogP contribution in [0.1, 0.15) is 50.3 Å². The van der Waals surface area contributed by atoms with E-state index < -0.39 is 0 Å². The summed E-state index contributed by atoms with van der Waals surface area (Å²) in [4.78, 5) is 11.5. The average Bonchev–Trinajstić information content (AvgIpc) is 2.88. The zero-order chi connectivity index (χ0) is 15.1. The van der Waals surface area contributed by atoms with Crippen LogP contribution in [-0.4, -0.2) is 25.7 Å². The van der Waals surface area contributed by atoms with Crippen molar-refractivity contribution in [3.8, 4) is 5.75 Å². The van der Waals surface area contributed by atoms with Crippen LogP contribution in [0.2, 0.25) is 0 Å². The second-order valence-electron chi connectivity index (χ2n) is 5.37. The van der Waals surface area contributed by atoms with Gasteiger partial charge in [0.05, 0.1) is 6.61 Å². The maximum atomic E-state index is 11.5. The van der Waals surface area contributed by atoms with Crippen molar-refractivity contribution in [1.82, 2.24) is 5.32 Å². The molecule has 0 aliphatic heterocycles. The number of rotatable bonds is 8. The summed E-state index contributed by atoms with van der Waals surface area (Å²) in [5, 5.41) is 3.48. The average molecular weight is 291 g/mol. The Morgan fingerprint density at radius 1 is 1.38 bits per heavy atom. The smallest absolute Gasteiger partial charge is 0.344 e. The highest BCUT2D eigenvalue weighted by molar-refractivity contribution is 5.71. The van der Waals surface area contributed by atoms with Gasteiger partial charge in [0.1, 0.15) is 5.75 Å². The van der Waals surface area contributed by atoms with E-state index in [2.05, 4.69) is 25.2 Å². The fourth-order valence-corrected chi connectivity index (χ4v) is 2.66. The van der Waals surface area contributed by atoms with Gasteiger partial charge >= 0.3 is 5.97 Å². The molecule has 1 aromatic carbocycles. The lowest BCUT2D eigenvalue weighted by molar-refractivity contribution is -0.146. The van der Waals surface area contributed by atoms with Crippen LogP contribution in [-0.2, 0) is 16.0 Å². The molecule has 1 aromatic rings. The van der Waals surface area contributed by atoms with E-state index in [1.807, 2.05) is 12.1 Å². The van der Waals surface area contributed by atoms with Crippen molar-refractivity contribution in [1.29, 1.82) is 0 Å². The molecule has 21 heavy (non-hydrogen) atoms. The molecule has 116 valence electrons. The molecule has 0 aromatic heterocycles. The zero-order valence-corrected chi connectivity index (χ0v) is 13.0. The molecule has 1 aliphatic carbocycles. The molecule has 1 N–H and O–H groups in total. The monoisotopic (exact) mass is 291 g/mol. The highest BCUT2D eigenvalue weighted by Gasteiger charge is 2.21. The van der Waals surface area contributed by atoms with E-state index >= 15 is 0 Å². The lowest BCUT2D eigenvalue weighted by Gasteiger charge is -2.13. The van der Waals surface area contributed by atoms with Gasteiger partial charge in [-0.25, -0.2) is 4.79 Å². The van der Waals surface area contributed by atoms with Crippen molar-refractivity contribution >= 4 is 5.97 Å². The molecule has 0 radical (unpaired) electrons. The summed E-state index contributed by atoms with van der Waals surface area (Å²) in [5.41, 5.74) is 2.67. The third kappa shape index (κ3) is 4.46. The molecular weight excluding hydrogens is 266 g/mol. The van der Waals surface area contributed by atoms with Gasteiger partial charge in [-0.3, -0.25) is 0 Å². The lowest BCUT2D eigenvalue weighted by Crippen LogP contribution is -2.18. The molecule has 0 bridgehead atoms. The number of hydrogen-bond donors (Lipinski definition) is 1. The SMILES string of the molecule is CCCCOC(=O)COc1ccc2c(c1)CCC2NCC. The minimum absolute atomic E-state index is 0.0147. The van der Waals surface area contributed by atoms with Crippen molar-refractivity contribution in [2.75, 3.05) is 19.8 Å². The molecular formula is C17H25NO3. The molecule has 4 heteroatoms. The fraction of sp³-hybridized carbons (Fsp3) is 0.588. The Morgan fingerprint density at radius 2 is 2.24 bits per heavy atom. The third-order valence-electron chi connectivity index (χ3n) is 3.76. The zero-order valence-electron chi connectivity index (χ0n) is 13.0. The first kappa shape index (κ1) is 15.8. The van der Waals surface area contributed by atoms with Gasteiger partial charge in [0, 0.05) is 6.04 Å². The number of hydrogen-bond acceptors (Lipinski definition) is 4. The van der Waals surface area contributed by atoms with Gasteiger partial charge in [-0.05, 0) is 49.1 Å². The van der Waals surface area contributed by atoms with Gasteiger partial charge in [0.15, 0.2) is 6.61 Å². The Morgan fingerprint density at radius 3 is 3.00 bits per heavy atom. The summed E-state index contributed by atoms with van der Waals surface area (Å²) in [6.45, 7) is 5.63. The maximum Gasteiger partial charge on any atom is 0.344 e. The quantitative estimate of drug-likeness (QED) is 0.591. The first-order valence-corrected chi connectivity index (χ1v) is 7.89. The Kier molecular flexibility index (Phi) is 6.05. The Bertz CT molecular complexity index is 473. The predicted octanol–water partition coefficient (Wildman–Crippen LogP) is 3.01. The van der Waals surface area contributed by atoms with Gasteiger partial charge < -0.3 is 14.8 Å². The van der Waals surface area contributed by atoms with E-state index in [1.54, 1.807) is 0 Å². The maximum absolute atomic E-state index is 11.5. The van der Waals surface area contributed by atoms with Crippen LogP contribution in [0.15, 0.2) is 18.2 Å². The number of benzene rings is 1. The Hall–Kier alpha value is -1.55. The predicted molar refractivity (Wildman–Crippen MR) is 82.5 cm³/mol. The Balaban J connectivity index is 1.84. The van der Waals surface area contributed by atoms with Crippen LogP contribution in [0, 0.1) is 0 Å². The van der Waals surface area contributed by atoms with Crippen LogP contribution < -0.4 is 10.1 Å². The minimum Gasteiger partial charge on any atom is -0.482 e. The van der Waals surface area contributed by atoms with Gasteiger partial charge in [-0.2, -0.15) is 0 Å². The number of unbranched alkanes of at least 4 members (excludes halogenated alkanes) is 1. The summed E-state index contributed by atoms with van der Waals surface area (Å²) in [6.07, 6.45) is 4.11. The van der Waals surface area contributed by atoms with E-state index in [0.29, 0.717) is 12.6 Å². The van der Waals surface area contributed by atoms with Crippen molar-refractivity contribution in [3.05, 3.63) is 29.3 Å². The second kappa shape index (κ2) is 8.03. The van der Waals surface area contributed by atoms with Gasteiger partial charge in [-0.15, -0.1) is 0 Å². The third-order valence-corrected chi connectivity index (χ3v) is 3.76. The first-order valence-electron chi connectivity index (χ1n) is 7.89. The standard InChI is InChI=1S/C17H25NO3/c1-3-5-10-20-17(19)12-21-14-7-8-15-13(11-14)6-9-16(15)18-4-2/h7-8,11,16,18H,3-6,9-10,12H2,1-2H3. The van der Waals surface area contributed by atoms with E-state index in [1.165, 1.54) is 11.1 Å². The number of nitrogens with one attached hydrogen (secondary N) is 1. The highest BCUT2D eigenvalue weighted by atomic mass is 16.6. The Labute approximate surface area is 126 Å².